The highest BCUT2D eigenvalue weighted by atomic mass is 16.5. The Bertz CT molecular complexity index is 263. The van der Waals surface area contributed by atoms with E-state index in [-0.39, 0.29) is 6.61 Å². The van der Waals surface area contributed by atoms with Crippen LogP contribution in [0.5, 0.6) is 5.75 Å². The van der Waals surface area contributed by atoms with Crippen molar-refractivity contribution in [2.45, 2.75) is 12.8 Å². The van der Waals surface area contributed by atoms with Crippen molar-refractivity contribution in [3.05, 3.63) is 24.3 Å². The van der Waals surface area contributed by atoms with E-state index in [0.717, 1.165) is 30.8 Å². The summed E-state index contributed by atoms with van der Waals surface area (Å²) in [6.45, 7) is 1.15. The first kappa shape index (κ1) is 10.9. The zero-order valence-corrected chi connectivity index (χ0v) is 8.49. The Morgan fingerprint density at radius 1 is 1.36 bits per heavy atom. The van der Waals surface area contributed by atoms with E-state index >= 15 is 0 Å². The first-order chi connectivity index (χ1) is 6.86. The topological polar surface area (TPSA) is 41.5 Å². The van der Waals surface area contributed by atoms with Gasteiger partial charge in [0.25, 0.3) is 0 Å². The number of hydrogen-bond acceptors (Lipinski definition) is 3. The van der Waals surface area contributed by atoms with Crippen LogP contribution < -0.4 is 10.1 Å². The Balaban J connectivity index is 2.34. The molecule has 0 saturated carbocycles. The van der Waals surface area contributed by atoms with Crippen LogP contribution >= 0.6 is 0 Å². The summed E-state index contributed by atoms with van der Waals surface area (Å²) in [5, 5.41) is 11.9. The summed E-state index contributed by atoms with van der Waals surface area (Å²) in [6, 6.07) is 7.83. The van der Waals surface area contributed by atoms with E-state index < -0.39 is 0 Å². The van der Waals surface area contributed by atoms with Gasteiger partial charge >= 0.3 is 0 Å². The van der Waals surface area contributed by atoms with Gasteiger partial charge in [0.2, 0.25) is 0 Å². The molecule has 0 aliphatic carbocycles. The molecule has 0 aliphatic heterocycles. The molecular weight excluding hydrogens is 178 g/mol. The molecule has 0 radical (unpaired) electrons. The van der Waals surface area contributed by atoms with Crippen molar-refractivity contribution in [3.8, 4) is 5.75 Å². The smallest absolute Gasteiger partial charge is 0.120 e. The van der Waals surface area contributed by atoms with Crippen LogP contribution in [0, 0.1) is 0 Å². The van der Waals surface area contributed by atoms with Gasteiger partial charge in [-0.1, -0.05) is 6.07 Å². The summed E-state index contributed by atoms with van der Waals surface area (Å²) in [6.07, 6.45) is 1.82. The summed E-state index contributed by atoms with van der Waals surface area (Å²) in [7, 11) is 1.66. The lowest BCUT2D eigenvalue weighted by Gasteiger charge is -2.07. The molecule has 3 nitrogen and oxygen atoms in total. The van der Waals surface area contributed by atoms with E-state index in [1.807, 2.05) is 24.3 Å². The maximum absolute atomic E-state index is 8.60. The fraction of sp³-hybridized carbons (Fsp3) is 0.455. The maximum atomic E-state index is 8.60. The van der Waals surface area contributed by atoms with Gasteiger partial charge in [-0.2, -0.15) is 0 Å². The average Bonchev–Trinajstić information content (AvgIpc) is 2.25. The molecule has 1 aromatic rings. The molecule has 0 bridgehead atoms. The highest BCUT2D eigenvalue weighted by molar-refractivity contribution is 5.47. The third kappa shape index (κ3) is 3.66. The second-order valence-electron chi connectivity index (χ2n) is 3.09. The number of rotatable bonds is 6. The molecule has 2 N–H and O–H groups in total. The molecule has 0 aliphatic rings. The molecule has 1 aromatic carbocycles. The summed E-state index contributed by atoms with van der Waals surface area (Å²) < 4.78 is 5.10. The van der Waals surface area contributed by atoms with Gasteiger partial charge in [-0.3, -0.25) is 0 Å². The number of aliphatic hydroxyl groups is 1. The van der Waals surface area contributed by atoms with Gasteiger partial charge in [-0.05, 0) is 25.0 Å². The van der Waals surface area contributed by atoms with Crippen molar-refractivity contribution in [3.63, 3.8) is 0 Å². The maximum Gasteiger partial charge on any atom is 0.120 e. The lowest BCUT2D eigenvalue weighted by atomic mass is 10.2. The lowest BCUT2D eigenvalue weighted by Crippen LogP contribution is -2.02. The molecule has 0 spiro atoms. The summed E-state index contributed by atoms with van der Waals surface area (Å²) in [5.41, 5.74) is 1.06. The number of methoxy groups -OCH3 is 1. The van der Waals surface area contributed by atoms with Crippen LogP contribution in [0.2, 0.25) is 0 Å². The van der Waals surface area contributed by atoms with Gasteiger partial charge in [0.05, 0.1) is 7.11 Å². The van der Waals surface area contributed by atoms with E-state index in [9.17, 15) is 0 Å². The monoisotopic (exact) mass is 195 g/mol. The van der Waals surface area contributed by atoms with Crippen LogP contribution in [-0.4, -0.2) is 25.4 Å². The van der Waals surface area contributed by atoms with Crippen molar-refractivity contribution in [2.24, 2.45) is 0 Å². The minimum absolute atomic E-state index is 0.264. The van der Waals surface area contributed by atoms with E-state index in [1.54, 1.807) is 7.11 Å². The molecular formula is C11H17NO2. The summed E-state index contributed by atoms with van der Waals surface area (Å²) in [4.78, 5) is 0. The molecule has 0 aromatic heterocycles. The standard InChI is InChI=1S/C11H17NO2/c1-14-11-6-4-5-10(9-11)12-7-2-3-8-13/h4-6,9,12-13H,2-3,7-8H2,1H3. The molecule has 14 heavy (non-hydrogen) atoms. The van der Waals surface area contributed by atoms with Gasteiger partial charge in [-0.25, -0.2) is 0 Å². The molecule has 0 fully saturated rings. The Kier molecular flexibility index (Phi) is 4.86. The van der Waals surface area contributed by atoms with Crippen LogP contribution in [0.3, 0.4) is 0 Å². The van der Waals surface area contributed by atoms with Crippen molar-refractivity contribution >= 4 is 5.69 Å². The molecule has 0 amide bonds. The molecule has 3 heteroatoms. The van der Waals surface area contributed by atoms with Gasteiger partial charge < -0.3 is 15.2 Å². The molecule has 0 saturated heterocycles. The number of unbranched alkanes of at least 4 members (excludes halogenated alkanes) is 1. The summed E-state index contributed by atoms with van der Waals surface area (Å²) in [5.74, 6) is 0.858. The van der Waals surface area contributed by atoms with E-state index in [2.05, 4.69) is 5.32 Å². The van der Waals surface area contributed by atoms with Gasteiger partial charge in [-0.15, -0.1) is 0 Å². The molecule has 78 valence electrons. The number of anilines is 1. The molecule has 1 rings (SSSR count). The summed E-state index contributed by atoms with van der Waals surface area (Å²) >= 11 is 0. The second kappa shape index (κ2) is 6.27. The number of aliphatic hydroxyl groups excluding tert-OH is 1. The van der Waals surface area contributed by atoms with Crippen LogP contribution in [0.25, 0.3) is 0 Å². The Morgan fingerprint density at radius 3 is 2.93 bits per heavy atom. The SMILES string of the molecule is COc1cccc(NCCCCO)c1. The minimum Gasteiger partial charge on any atom is -0.497 e. The Morgan fingerprint density at radius 2 is 2.21 bits per heavy atom. The van der Waals surface area contributed by atoms with E-state index in [0.29, 0.717) is 0 Å². The third-order valence-electron chi connectivity index (χ3n) is 1.98. The fourth-order valence-electron chi connectivity index (χ4n) is 1.20. The van der Waals surface area contributed by atoms with Crippen molar-refractivity contribution in [1.82, 2.24) is 0 Å². The molecule has 0 atom stereocenters. The van der Waals surface area contributed by atoms with Crippen molar-refractivity contribution in [1.29, 1.82) is 0 Å². The first-order valence-corrected chi connectivity index (χ1v) is 4.85. The fourth-order valence-corrected chi connectivity index (χ4v) is 1.20. The normalized spacial score (nSPS) is 9.86. The Hall–Kier alpha value is -1.22. The van der Waals surface area contributed by atoms with Gasteiger partial charge in [0.1, 0.15) is 5.75 Å². The lowest BCUT2D eigenvalue weighted by molar-refractivity contribution is 0.286. The third-order valence-corrected chi connectivity index (χ3v) is 1.98. The number of ether oxygens (including phenoxy) is 1. The van der Waals surface area contributed by atoms with Crippen LogP contribution in [-0.2, 0) is 0 Å². The Labute approximate surface area is 84.7 Å². The van der Waals surface area contributed by atoms with Crippen LogP contribution in [0.4, 0.5) is 5.69 Å². The van der Waals surface area contributed by atoms with E-state index in [1.165, 1.54) is 0 Å². The zero-order valence-electron chi connectivity index (χ0n) is 8.49. The van der Waals surface area contributed by atoms with Gasteiger partial charge in [0.15, 0.2) is 0 Å². The predicted molar refractivity (Wildman–Crippen MR) is 57.8 cm³/mol. The van der Waals surface area contributed by atoms with Crippen molar-refractivity contribution < 1.29 is 9.84 Å². The zero-order chi connectivity index (χ0) is 10.2. The molecule has 0 heterocycles. The predicted octanol–water partition coefficient (Wildman–Crippen LogP) is 1.88. The number of nitrogens with one attached hydrogen (secondary N) is 1. The minimum atomic E-state index is 0.264. The molecule has 0 unspecified atom stereocenters. The van der Waals surface area contributed by atoms with Crippen LogP contribution in [0.1, 0.15) is 12.8 Å². The van der Waals surface area contributed by atoms with Gasteiger partial charge in [0, 0.05) is 24.9 Å². The highest BCUT2D eigenvalue weighted by Crippen LogP contribution is 2.16. The first-order valence-electron chi connectivity index (χ1n) is 4.85. The number of benzene rings is 1. The average molecular weight is 195 g/mol. The largest absolute Gasteiger partial charge is 0.497 e. The van der Waals surface area contributed by atoms with E-state index in [4.69, 9.17) is 9.84 Å². The van der Waals surface area contributed by atoms with Crippen molar-refractivity contribution in [2.75, 3.05) is 25.6 Å². The second-order valence-corrected chi connectivity index (χ2v) is 3.09. The highest BCUT2D eigenvalue weighted by Gasteiger charge is 1.94. The number of hydrogen-bond donors (Lipinski definition) is 2. The quantitative estimate of drug-likeness (QED) is 0.681. The van der Waals surface area contributed by atoms with Crippen LogP contribution in [0.15, 0.2) is 24.3 Å².